The van der Waals surface area contributed by atoms with E-state index in [2.05, 4.69) is 67.7 Å². The summed E-state index contributed by atoms with van der Waals surface area (Å²) >= 11 is 0. The fourth-order valence-electron chi connectivity index (χ4n) is 2.73. The summed E-state index contributed by atoms with van der Waals surface area (Å²) in [5, 5.41) is 5.39. The zero-order valence-electron chi connectivity index (χ0n) is 16.7. The van der Waals surface area contributed by atoms with Crippen LogP contribution in [-0.2, 0) is 21.7 Å². The summed E-state index contributed by atoms with van der Waals surface area (Å²) < 4.78 is 0. The molecule has 29 heavy (non-hydrogen) atoms. The average Bonchev–Trinajstić information content (AvgIpc) is 3.02. The largest absolute Gasteiger partial charge is 4.00 e. The van der Waals surface area contributed by atoms with Crippen LogP contribution in [0.15, 0.2) is 78.9 Å². The second kappa shape index (κ2) is 15.4. The van der Waals surface area contributed by atoms with E-state index in [-0.39, 0.29) is 46.5 Å². The van der Waals surface area contributed by atoms with Crippen molar-refractivity contribution in [3.05, 3.63) is 95.7 Å². The Hall–Kier alpha value is -1.49. The number of carbonyl (C=O) groups excluding carboxylic acids is 1. The second-order valence-electron chi connectivity index (χ2n) is 5.96. The molecule has 4 aromatic rings. The molecule has 4 aromatic carbocycles. The number of rotatable bonds is 1. The summed E-state index contributed by atoms with van der Waals surface area (Å²) in [4.78, 5) is 10.5. The molecule has 0 saturated carbocycles. The maximum absolute atomic E-state index is 10.5. The number of carbonyl (C=O) groups is 1. The smallest absolute Gasteiger partial charge is 1.00 e. The molecule has 6 heteroatoms. The van der Waals surface area contributed by atoms with Gasteiger partial charge in [0.25, 0.3) is 0 Å². The standard InChI is InChI=1S/C13H9.C8H9NO.C2H6Si.2ClH.Ti/c1-3-7-12-10(5-1)9-11-6-2-4-8-13(11)12;1-6-4-2-3-5-7(6)8(9)10;1-3-2;;;/h1-9H;2-5H,1H3,(H2,9,10);1-2H3;2*1H;/q-1;;;;;+4/p-3. The summed E-state index contributed by atoms with van der Waals surface area (Å²) in [7, 11) is 1.08. The van der Waals surface area contributed by atoms with Crippen molar-refractivity contribution in [2.75, 3.05) is 0 Å². The molecule has 0 atom stereocenters. The van der Waals surface area contributed by atoms with Gasteiger partial charge in [-0.25, -0.2) is 0 Å². The van der Waals surface area contributed by atoms with Crippen LogP contribution in [0.1, 0.15) is 15.9 Å². The van der Waals surface area contributed by atoms with E-state index in [9.17, 15) is 4.79 Å². The van der Waals surface area contributed by atoms with Gasteiger partial charge in [0.2, 0.25) is 0 Å². The Morgan fingerprint density at radius 2 is 1.17 bits per heavy atom. The summed E-state index contributed by atoms with van der Waals surface area (Å²) in [6, 6.07) is 26.4. The quantitative estimate of drug-likeness (QED) is 0.295. The van der Waals surface area contributed by atoms with Crippen molar-refractivity contribution in [3.63, 3.8) is 0 Å². The first-order chi connectivity index (χ1) is 12.6. The van der Waals surface area contributed by atoms with Crippen molar-refractivity contribution >= 4 is 37.0 Å². The summed E-state index contributed by atoms with van der Waals surface area (Å²) in [5.74, 6) is -0.613. The predicted octanol–water partition coefficient (Wildman–Crippen LogP) is 0.692. The van der Waals surface area contributed by atoms with Crippen molar-refractivity contribution < 1.29 is 51.3 Å². The minimum atomic E-state index is -0.613. The van der Waals surface area contributed by atoms with Gasteiger partial charge < -0.3 is 35.3 Å². The van der Waals surface area contributed by atoms with Gasteiger partial charge in [-0.15, -0.1) is 39.7 Å². The molecular weight excluding hydrogens is 453 g/mol. The molecule has 0 aromatic heterocycles. The Labute approximate surface area is 203 Å². The zero-order valence-corrected chi connectivity index (χ0v) is 20.7. The number of nitrogens with one attached hydrogen (secondary N) is 1. The first-order valence-corrected chi connectivity index (χ1v) is 10.5. The maximum atomic E-state index is 10.5. The number of hydrogen-bond donors (Lipinski definition) is 0. The molecule has 4 rings (SSSR count). The van der Waals surface area contributed by atoms with Crippen LogP contribution < -0.4 is 24.8 Å². The van der Waals surface area contributed by atoms with Gasteiger partial charge >= 0.3 is 21.7 Å². The number of fused-ring (bicyclic) bond motifs is 3. The molecule has 0 spiro atoms. The van der Waals surface area contributed by atoms with E-state index in [0.29, 0.717) is 5.56 Å². The number of halogens is 2. The number of benzene rings is 3. The Bertz CT molecular complexity index is 954. The summed E-state index contributed by atoms with van der Waals surface area (Å²) in [6.45, 7) is 6.13. The van der Waals surface area contributed by atoms with Gasteiger partial charge in [-0.1, -0.05) is 73.8 Å². The van der Waals surface area contributed by atoms with Gasteiger partial charge in [0, 0.05) is 15.1 Å². The summed E-state index contributed by atoms with van der Waals surface area (Å²) in [6.07, 6.45) is 0. The number of aryl methyl sites for hydroxylation is 1. The summed E-state index contributed by atoms with van der Waals surface area (Å²) in [5.41, 5.74) is 8.17. The monoisotopic (exact) mass is 475 g/mol. The normalized spacial score (nSPS) is 8.79. The molecule has 0 saturated heterocycles. The molecule has 0 fully saturated rings. The zero-order chi connectivity index (χ0) is 18.9. The van der Waals surface area contributed by atoms with Crippen LogP contribution in [0.3, 0.4) is 0 Å². The number of amides is 1. The fourth-order valence-corrected chi connectivity index (χ4v) is 2.73. The van der Waals surface area contributed by atoms with E-state index in [1.165, 1.54) is 21.5 Å². The van der Waals surface area contributed by atoms with E-state index in [1.807, 2.05) is 19.1 Å². The van der Waals surface area contributed by atoms with Crippen LogP contribution in [0.2, 0.25) is 13.1 Å². The number of hydrogen-bond acceptors (Lipinski definition) is 1. The van der Waals surface area contributed by atoms with Crippen LogP contribution >= 0.6 is 0 Å². The molecule has 0 aliphatic heterocycles. The van der Waals surface area contributed by atoms with Crippen LogP contribution in [0, 0.1) is 6.92 Å². The molecule has 0 bridgehead atoms. The van der Waals surface area contributed by atoms with Gasteiger partial charge in [-0.05, 0) is 12.5 Å². The van der Waals surface area contributed by atoms with E-state index >= 15 is 0 Å². The van der Waals surface area contributed by atoms with Crippen LogP contribution in [0.25, 0.3) is 27.3 Å². The molecule has 0 unspecified atom stereocenters. The van der Waals surface area contributed by atoms with Gasteiger partial charge in [0.1, 0.15) is 0 Å². The molecular formula is C23H23Cl2NOSiTi. The van der Waals surface area contributed by atoms with Crippen molar-refractivity contribution in [3.8, 4) is 0 Å². The molecule has 1 N–H and O–H groups in total. The SMILES string of the molecule is C[Si]C.Cc1ccccc1C([NH-])=O.[Cl-].[Cl-].[Ti+4].c1ccc2c(c1)[cH-]c1ccccc12. The topological polar surface area (TPSA) is 40.9 Å². The van der Waals surface area contributed by atoms with E-state index in [1.54, 1.807) is 12.1 Å². The third kappa shape index (κ3) is 8.41. The first-order valence-electron chi connectivity index (χ1n) is 8.51. The maximum Gasteiger partial charge on any atom is 4.00 e. The van der Waals surface area contributed by atoms with Crippen LogP contribution in [-0.4, -0.2) is 15.4 Å². The minimum Gasteiger partial charge on any atom is -1.00 e. The first kappa shape index (κ1) is 29.7. The average molecular weight is 476 g/mol. The van der Waals surface area contributed by atoms with E-state index < -0.39 is 5.91 Å². The Kier molecular flexibility index (Phi) is 15.7. The molecule has 0 aliphatic carbocycles. The third-order valence-corrected chi connectivity index (χ3v) is 3.91. The fraction of sp³-hybridized carbons (Fsp3) is 0.130. The Morgan fingerprint density at radius 1 is 0.793 bits per heavy atom. The van der Waals surface area contributed by atoms with Crippen molar-refractivity contribution in [2.45, 2.75) is 20.0 Å². The van der Waals surface area contributed by atoms with Crippen LogP contribution in [0.5, 0.6) is 0 Å². The molecule has 0 aliphatic rings. The van der Waals surface area contributed by atoms with Crippen molar-refractivity contribution in [1.82, 2.24) is 0 Å². The van der Waals surface area contributed by atoms with E-state index in [0.717, 1.165) is 15.1 Å². The minimum absolute atomic E-state index is 0. The van der Waals surface area contributed by atoms with Crippen LogP contribution in [0.4, 0.5) is 0 Å². The Morgan fingerprint density at radius 3 is 1.55 bits per heavy atom. The molecule has 2 nitrogen and oxygen atoms in total. The van der Waals surface area contributed by atoms with Gasteiger partial charge in [-0.2, -0.15) is 0 Å². The predicted molar refractivity (Wildman–Crippen MR) is 114 cm³/mol. The molecule has 148 valence electrons. The molecule has 1 amide bonds. The van der Waals surface area contributed by atoms with Gasteiger partial charge in [0.15, 0.2) is 0 Å². The van der Waals surface area contributed by atoms with Gasteiger partial charge in [0.05, 0.1) is 5.91 Å². The Balaban J connectivity index is 0. The van der Waals surface area contributed by atoms with Gasteiger partial charge in [-0.3, -0.25) is 0 Å². The van der Waals surface area contributed by atoms with Crippen molar-refractivity contribution in [1.29, 1.82) is 0 Å². The second-order valence-corrected chi connectivity index (χ2v) is 6.96. The van der Waals surface area contributed by atoms with E-state index in [4.69, 9.17) is 5.73 Å². The van der Waals surface area contributed by atoms with Crippen molar-refractivity contribution in [2.24, 2.45) is 0 Å². The third-order valence-electron chi connectivity index (χ3n) is 3.91. The molecule has 0 heterocycles. The molecule has 2 radical (unpaired) electrons.